The molecular weight excluding hydrogens is 217 g/mol. The van der Waals surface area contributed by atoms with Crippen molar-refractivity contribution in [1.82, 2.24) is 0 Å². The predicted octanol–water partition coefficient (Wildman–Crippen LogP) is 3.26. The third-order valence-electron chi connectivity index (χ3n) is 3.00. The van der Waals surface area contributed by atoms with Gasteiger partial charge in [-0.25, -0.2) is 4.39 Å². The first kappa shape index (κ1) is 14.1. The number of ether oxygens (including phenoxy) is 1. The molecule has 0 bridgehead atoms. The number of rotatable bonds is 5. The lowest BCUT2D eigenvalue weighted by Crippen LogP contribution is -2.30. The van der Waals surface area contributed by atoms with Crippen molar-refractivity contribution in [2.45, 2.75) is 46.3 Å². The van der Waals surface area contributed by atoms with Crippen molar-refractivity contribution in [2.75, 3.05) is 6.61 Å². The molecule has 1 aromatic carbocycles. The molecule has 0 fully saturated rings. The van der Waals surface area contributed by atoms with Gasteiger partial charge in [0.15, 0.2) is 0 Å². The number of hydrogen-bond donors (Lipinski definition) is 1. The van der Waals surface area contributed by atoms with Crippen molar-refractivity contribution in [1.29, 1.82) is 0 Å². The van der Waals surface area contributed by atoms with Crippen LogP contribution in [0.5, 0.6) is 0 Å². The smallest absolute Gasteiger partial charge is 0.128 e. The molecule has 2 N–H and O–H groups in total. The molecule has 0 aliphatic rings. The lowest BCUT2D eigenvalue weighted by Gasteiger charge is -2.25. The van der Waals surface area contributed by atoms with E-state index in [1.54, 1.807) is 0 Å². The minimum Gasteiger partial charge on any atom is -0.377 e. The molecule has 0 aliphatic carbocycles. The Bertz CT molecular complexity index is 355. The van der Waals surface area contributed by atoms with E-state index in [1.165, 1.54) is 6.07 Å². The third-order valence-corrected chi connectivity index (χ3v) is 3.00. The zero-order valence-corrected chi connectivity index (χ0v) is 11.1. The van der Waals surface area contributed by atoms with Gasteiger partial charge in [-0.1, -0.05) is 13.0 Å². The summed E-state index contributed by atoms with van der Waals surface area (Å²) >= 11 is 0. The van der Waals surface area contributed by atoms with E-state index in [-0.39, 0.29) is 11.9 Å². The zero-order valence-electron chi connectivity index (χ0n) is 11.1. The maximum absolute atomic E-state index is 14.0. The van der Waals surface area contributed by atoms with Crippen LogP contribution in [0.15, 0.2) is 12.1 Å². The monoisotopic (exact) mass is 239 g/mol. The van der Waals surface area contributed by atoms with Crippen LogP contribution < -0.4 is 5.73 Å². The van der Waals surface area contributed by atoms with E-state index in [1.807, 2.05) is 33.8 Å². The summed E-state index contributed by atoms with van der Waals surface area (Å²) in [6.45, 7) is 8.29. The van der Waals surface area contributed by atoms with Crippen LogP contribution in [0.25, 0.3) is 0 Å². The molecule has 0 spiro atoms. The molecule has 2 unspecified atom stereocenters. The van der Waals surface area contributed by atoms with Crippen molar-refractivity contribution >= 4 is 0 Å². The Hall–Kier alpha value is -0.930. The Labute approximate surface area is 103 Å². The van der Waals surface area contributed by atoms with E-state index in [0.29, 0.717) is 12.2 Å². The molecule has 0 amide bonds. The fourth-order valence-electron chi connectivity index (χ4n) is 2.22. The molecule has 0 aromatic heterocycles. The number of benzene rings is 1. The molecule has 2 nitrogen and oxygen atoms in total. The fraction of sp³-hybridized carbons (Fsp3) is 0.571. The largest absolute Gasteiger partial charge is 0.377 e. The molecule has 0 aliphatic heterocycles. The van der Waals surface area contributed by atoms with Gasteiger partial charge in [-0.15, -0.1) is 0 Å². The number of nitrogens with two attached hydrogens (primary N) is 1. The van der Waals surface area contributed by atoms with E-state index in [4.69, 9.17) is 10.5 Å². The number of halogens is 1. The van der Waals surface area contributed by atoms with Gasteiger partial charge in [0.05, 0.1) is 12.1 Å². The Morgan fingerprint density at radius 3 is 2.41 bits per heavy atom. The Morgan fingerprint density at radius 2 is 1.94 bits per heavy atom. The van der Waals surface area contributed by atoms with Crippen molar-refractivity contribution in [3.05, 3.63) is 34.6 Å². The zero-order chi connectivity index (χ0) is 13.0. The molecule has 0 saturated carbocycles. The van der Waals surface area contributed by atoms with Crippen LogP contribution >= 0.6 is 0 Å². The molecule has 1 rings (SSSR count). The first-order valence-electron chi connectivity index (χ1n) is 6.15. The quantitative estimate of drug-likeness (QED) is 0.856. The highest BCUT2D eigenvalue weighted by Crippen LogP contribution is 2.26. The predicted molar refractivity (Wildman–Crippen MR) is 68.5 cm³/mol. The fourth-order valence-corrected chi connectivity index (χ4v) is 2.22. The molecule has 0 saturated heterocycles. The van der Waals surface area contributed by atoms with Gasteiger partial charge in [-0.3, -0.25) is 0 Å². The maximum atomic E-state index is 14.0. The summed E-state index contributed by atoms with van der Waals surface area (Å²) in [6, 6.07) is 3.08. The molecule has 0 radical (unpaired) electrons. The Balaban J connectivity index is 3.06. The van der Waals surface area contributed by atoms with E-state index < -0.39 is 6.04 Å². The van der Waals surface area contributed by atoms with Gasteiger partial charge in [0.25, 0.3) is 0 Å². The third kappa shape index (κ3) is 3.27. The van der Waals surface area contributed by atoms with E-state index in [9.17, 15) is 4.39 Å². The van der Waals surface area contributed by atoms with E-state index in [2.05, 4.69) is 0 Å². The maximum Gasteiger partial charge on any atom is 0.128 e. The van der Waals surface area contributed by atoms with Crippen LogP contribution in [-0.2, 0) is 4.74 Å². The standard InChI is InChI=1S/C14H22FNO/c1-5-12(17-6-2)14(16)13-10(4)7-9(3)8-11(13)15/h7-8,12,14H,5-6,16H2,1-4H3. The normalized spacial score (nSPS) is 14.7. The highest BCUT2D eigenvalue weighted by Gasteiger charge is 2.23. The lowest BCUT2D eigenvalue weighted by atomic mass is 9.94. The van der Waals surface area contributed by atoms with Crippen molar-refractivity contribution < 1.29 is 9.13 Å². The van der Waals surface area contributed by atoms with E-state index >= 15 is 0 Å². The van der Waals surface area contributed by atoms with Crippen LogP contribution in [0.2, 0.25) is 0 Å². The summed E-state index contributed by atoms with van der Waals surface area (Å²) in [5.41, 5.74) is 8.52. The van der Waals surface area contributed by atoms with Gasteiger partial charge < -0.3 is 10.5 Å². The van der Waals surface area contributed by atoms with Gasteiger partial charge >= 0.3 is 0 Å². The number of aryl methyl sites for hydroxylation is 2. The van der Waals surface area contributed by atoms with Gasteiger partial charge in [-0.2, -0.15) is 0 Å². The minimum absolute atomic E-state index is 0.129. The summed E-state index contributed by atoms with van der Waals surface area (Å²) in [4.78, 5) is 0. The van der Waals surface area contributed by atoms with Crippen LogP contribution in [-0.4, -0.2) is 12.7 Å². The molecular formula is C14H22FNO. The first-order valence-corrected chi connectivity index (χ1v) is 6.15. The summed E-state index contributed by atoms with van der Waals surface area (Å²) < 4.78 is 19.5. The molecule has 2 atom stereocenters. The topological polar surface area (TPSA) is 35.2 Å². The molecule has 1 aromatic rings. The van der Waals surface area contributed by atoms with Gasteiger partial charge in [0, 0.05) is 12.2 Å². The summed E-state index contributed by atoms with van der Waals surface area (Å²) in [7, 11) is 0. The second-order valence-electron chi connectivity index (χ2n) is 4.41. The van der Waals surface area contributed by atoms with Crippen molar-refractivity contribution in [2.24, 2.45) is 5.73 Å². The second-order valence-corrected chi connectivity index (χ2v) is 4.41. The van der Waals surface area contributed by atoms with E-state index in [0.717, 1.165) is 17.5 Å². The molecule has 17 heavy (non-hydrogen) atoms. The summed E-state index contributed by atoms with van der Waals surface area (Å²) in [5.74, 6) is -0.229. The van der Waals surface area contributed by atoms with Gasteiger partial charge in [0.1, 0.15) is 5.82 Å². The molecule has 96 valence electrons. The average molecular weight is 239 g/mol. The number of hydrogen-bond acceptors (Lipinski definition) is 2. The van der Waals surface area contributed by atoms with Crippen LogP contribution in [0.3, 0.4) is 0 Å². The van der Waals surface area contributed by atoms with Crippen LogP contribution in [0, 0.1) is 19.7 Å². The van der Waals surface area contributed by atoms with Gasteiger partial charge in [0.2, 0.25) is 0 Å². The Kier molecular flexibility index (Phi) is 5.09. The Morgan fingerprint density at radius 1 is 1.29 bits per heavy atom. The van der Waals surface area contributed by atoms with Crippen LogP contribution in [0.4, 0.5) is 4.39 Å². The lowest BCUT2D eigenvalue weighted by molar-refractivity contribution is 0.0404. The average Bonchev–Trinajstić information content (AvgIpc) is 2.24. The highest BCUT2D eigenvalue weighted by molar-refractivity contribution is 5.34. The SMILES string of the molecule is CCOC(CC)C(N)c1c(C)cc(C)cc1F. The molecule has 3 heteroatoms. The summed E-state index contributed by atoms with van der Waals surface area (Å²) in [6.07, 6.45) is 0.651. The first-order chi connectivity index (χ1) is 8.01. The second kappa shape index (κ2) is 6.12. The van der Waals surface area contributed by atoms with Crippen molar-refractivity contribution in [3.63, 3.8) is 0 Å². The minimum atomic E-state index is -0.402. The highest BCUT2D eigenvalue weighted by atomic mass is 19.1. The van der Waals surface area contributed by atoms with Crippen molar-refractivity contribution in [3.8, 4) is 0 Å². The van der Waals surface area contributed by atoms with Crippen LogP contribution in [0.1, 0.15) is 43.0 Å². The van der Waals surface area contributed by atoms with Gasteiger partial charge in [-0.05, 0) is 44.4 Å². The molecule has 0 heterocycles. The summed E-state index contributed by atoms with van der Waals surface area (Å²) in [5, 5.41) is 0.